The van der Waals surface area contributed by atoms with E-state index in [4.69, 9.17) is 4.74 Å². The van der Waals surface area contributed by atoms with E-state index in [9.17, 15) is 4.79 Å². The van der Waals surface area contributed by atoms with E-state index in [1.165, 1.54) is 11.1 Å². The molecule has 2 aromatic carbocycles. The summed E-state index contributed by atoms with van der Waals surface area (Å²) in [5.41, 5.74) is 2.48. The topological polar surface area (TPSA) is 38.3 Å². The van der Waals surface area contributed by atoms with Crippen molar-refractivity contribution in [3.8, 4) is 5.75 Å². The molecule has 0 spiro atoms. The van der Waals surface area contributed by atoms with Crippen LogP contribution in [-0.4, -0.2) is 11.5 Å². The minimum absolute atomic E-state index is 0.0175. The lowest BCUT2D eigenvalue weighted by molar-refractivity contribution is -0.123. The molecule has 0 radical (unpaired) electrons. The molecule has 0 saturated carbocycles. The molecule has 0 heterocycles. The van der Waals surface area contributed by atoms with Gasteiger partial charge in [0.1, 0.15) is 11.4 Å². The molecule has 0 bridgehead atoms. The zero-order valence-electron chi connectivity index (χ0n) is 17.9. The van der Waals surface area contributed by atoms with Crippen molar-refractivity contribution in [1.29, 1.82) is 0 Å². The maximum atomic E-state index is 12.1. The van der Waals surface area contributed by atoms with E-state index in [1.54, 1.807) is 0 Å². The number of amides is 1. The molecule has 0 aliphatic rings. The number of carbonyl (C=O) groups excluding carboxylic acids is 1. The zero-order chi connectivity index (χ0) is 20.5. The van der Waals surface area contributed by atoms with Gasteiger partial charge in [0.25, 0.3) is 0 Å². The highest BCUT2D eigenvalue weighted by molar-refractivity contribution is 5.94. The molecule has 3 nitrogen and oxygen atoms in total. The standard InChI is InChI=1S/C24H33NO2/c1-22(2,3)21(26)25-19-13-9-17(10-14-19)24(7,8)18-11-15-20(16-12-18)27-23(4,5)6/h9-16H,1-8H3,(H,25,26). The van der Waals surface area contributed by atoms with Crippen LogP contribution in [0.3, 0.4) is 0 Å². The maximum absolute atomic E-state index is 12.1. The first-order valence-corrected chi connectivity index (χ1v) is 9.51. The third-order valence-corrected chi connectivity index (χ3v) is 4.55. The van der Waals surface area contributed by atoms with Crippen molar-refractivity contribution in [2.75, 3.05) is 5.32 Å². The third-order valence-electron chi connectivity index (χ3n) is 4.55. The summed E-state index contributed by atoms with van der Waals surface area (Å²) in [7, 11) is 0. The second-order valence-corrected chi connectivity index (χ2v) is 9.65. The van der Waals surface area contributed by atoms with Crippen molar-refractivity contribution < 1.29 is 9.53 Å². The van der Waals surface area contributed by atoms with Crippen LogP contribution in [0.1, 0.15) is 66.5 Å². The molecular weight excluding hydrogens is 334 g/mol. The zero-order valence-corrected chi connectivity index (χ0v) is 17.9. The summed E-state index contributed by atoms with van der Waals surface area (Å²) in [6.07, 6.45) is 0. The minimum Gasteiger partial charge on any atom is -0.488 e. The number of anilines is 1. The van der Waals surface area contributed by atoms with Crippen molar-refractivity contribution in [2.45, 2.75) is 66.4 Å². The first-order valence-electron chi connectivity index (χ1n) is 9.51. The first kappa shape index (κ1) is 21.0. The number of nitrogens with one attached hydrogen (secondary N) is 1. The van der Waals surface area contributed by atoms with Crippen molar-refractivity contribution in [3.63, 3.8) is 0 Å². The van der Waals surface area contributed by atoms with Crippen LogP contribution in [0.5, 0.6) is 5.75 Å². The molecule has 27 heavy (non-hydrogen) atoms. The lowest BCUT2D eigenvalue weighted by atomic mass is 9.78. The molecule has 1 N–H and O–H groups in total. The van der Waals surface area contributed by atoms with E-state index >= 15 is 0 Å². The number of carbonyl (C=O) groups is 1. The largest absolute Gasteiger partial charge is 0.488 e. The van der Waals surface area contributed by atoms with Gasteiger partial charge >= 0.3 is 0 Å². The summed E-state index contributed by atoms with van der Waals surface area (Å²) in [5.74, 6) is 0.895. The Morgan fingerprint density at radius 3 is 1.59 bits per heavy atom. The summed E-state index contributed by atoms with van der Waals surface area (Å²) < 4.78 is 5.91. The lowest BCUT2D eigenvalue weighted by Crippen LogP contribution is -2.27. The lowest BCUT2D eigenvalue weighted by Gasteiger charge is -2.27. The Bertz CT molecular complexity index is 773. The molecular formula is C24H33NO2. The smallest absolute Gasteiger partial charge is 0.229 e. The number of hydrogen-bond acceptors (Lipinski definition) is 2. The number of ether oxygens (including phenoxy) is 1. The average molecular weight is 368 g/mol. The molecule has 2 rings (SSSR count). The van der Waals surface area contributed by atoms with E-state index in [0.717, 1.165) is 11.4 Å². The predicted octanol–water partition coefficient (Wildman–Crippen LogP) is 6.17. The molecule has 0 aliphatic carbocycles. The van der Waals surface area contributed by atoms with Gasteiger partial charge in [0, 0.05) is 16.5 Å². The Balaban J connectivity index is 2.17. The molecule has 0 saturated heterocycles. The van der Waals surface area contributed by atoms with Gasteiger partial charge in [-0.2, -0.15) is 0 Å². The average Bonchev–Trinajstić information content (AvgIpc) is 2.53. The van der Waals surface area contributed by atoms with Gasteiger partial charge in [-0.1, -0.05) is 58.9 Å². The van der Waals surface area contributed by atoms with E-state index in [2.05, 4.69) is 43.4 Å². The number of hydrogen-bond donors (Lipinski definition) is 1. The Kier molecular flexibility index (Phi) is 5.74. The Morgan fingerprint density at radius 2 is 1.19 bits per heavy atom. The molecule has 0 fully saturated rings. The molecule has 0 aromatic heterocycles. The van der Waals surface area contributed by atoms with Crippen LogP contribution in [0, 0.1) is 5.41 Å². The van der Waals surface area contributed by atoms with Crippen molar-refractivity contribution in [2.24, 2.45) is 5.41 Å². The highest BCUT2D eigenvalue weighted by Gasteiger charge is 2.24. The Labute approximate surface area is 164 Å². The fourth-order valence-electron chi connectivity index (χ4n) is 2.75. The Hall–Kier alpha value is -2.29. The summed E-state index contributed by atoms with van der Waals surface area (Å²) in [6, 6.07) is 16.4. The normalized spacial score (nSPS) is 12.6. The maximum Gasteiger partial charge on any atom is 0.229 e. The summed E-state index contributed by atoms with van der Waals surface area (Å²) in [6.45, 7) is 16.3. The fourth-order valence-corrected chi connectivity index (χ4v) is 2.75. The van der Waals surface area contributed by atoms with Crippen molar-refractivity contribution >= 4 is 11.6 Å². The quantitative estimate of drug-likeness (QED) is 0.701. The summed E-state index contributed by atoms with van der Waals surface area (Å²) in [5, 5.41) is 2.97. The van der Waals surface area contributed by atoms with E-state index in [0.29, 0.717) is 0 Å². The second-order valence-electron chi connectivity index (χ2n) is 9.65. The molecule has 0 unspecified atom stereocenters. The first-order chi connectivity index (χ1) is 12.3. The van der Waals surface area contributed by atoms with Gasteiger partial charge in [0.2, 0.25) is 5.91 Å². The highest BCUT2D eigenvalue weighted by Crippen LogP contribution is 2.33. The highest BCUT2D eigenvalue weighted by atomic mass is 16.5. The monoisotopic (exact) mass is 367 g/mol. The second kappa shape index (κ2) is 7.38. The van der Waals surface area contributed by atoms with Crippen molar-refractivity contribution in [1.82, 2.24) is 0 Å². The molecule has 0 atom stereocenters. The minimum atomic E-state index is -0.408. The molecule has 0 aliphatic heterocycles. The van der Waals surface area contributed by atoms with Crippen LogP contribution in [0.2, 0.25) is 0 Å². The van der Waals surface area contributed by atoms with Crippen LogP contribution in [0.25, 0.3) is 0 Å². The number of rotatable bonds is 4. The van der Waals surface area contributed by atoms with Crippen LogP contribution < -0.4 is 10.1 Å². The van der Waals surface area contributed by atoms with Crippen LogP contribution in [0.4, 0.5) is 5.69 Å². The third kappa shape index (κ3) is 5.59. The molecule has 146 valence electrons. The van der Waals surface area contributed by atoms with Gasteiger partial charge in [-0.05, 0) is 56.2 Å². The number of benzene rings is 2. The summed E-state index contributed by atoms with van der Waals surface area (Å²) >= 11 is 0. The SMILES string of the molecule is CC(C)(C)Oc1ccc(C(C)(C)c2ccc(NC(=O)C(C)(C)C)cc2)cc1. The predicted molar refractivity (Wildman–Crippen MR) is 113 cm³/mol. The molecule has 2 aromatic rings. The van der Waals surface area contributed by atoms with Gasteiger partial charge in [-0.25, -0.2) is 0 Å². The molecule has 3 heteroatoms. The van der Waals surface area contributed by atoms with Gasteiger partial charge in [-0.15, -0.1) is 0 Å². The van der Waals surface area contributed by atoms with E-state index in [1.807, 2.05) is 65.8 Å². The van der Waals surface area contributed by atoms with Gasteiger partial charge in [0.15, 0.2) is 0 Å². The molecule has 1 amide bonds. The van der Waals surface area contributed by atoms with Crippen molar-refractivity contribution in [3.05, 3.63) is 59.7 Å². The van der Waals surface area contributed by atoms with E-state index < -0.39 is 5.41 Å². The summed E-state index contributed by atoms with van der Waals surface area (Å²) in [4.78, 5) is 12.1. The van der Waals surface area contributed by atoms with Gasteiger partial charge in [-0.3, -0.25) is 4.79 Å². The Morgan fingerprint density at radius 1 is 0.741 bits per heavy atom. The van der Waals surface area contributed by atoms with E-state index in [-0.39, 0.29) is 16.9 Å². The van der Waals surface area contributed by atoms with Gasteiger partial charge in [0.05, 0.1) is 0 Å². The van der Waals surface area contributed by atoms with Crippen LogP contribution >= 0.6 is 0 Å². The van der Waals surface area contributed by atoms with Crippen LogP contribution in [-0.2, 0) is 10.2 Å². The van der Waals surface area contributed by atoms with Gasteiger partial charge < -0.3 is 10.1 Å². The van der Waals surface area contributed by atoms with Crippen LogP contribution in [0.15, 0.2) is 48.5 Å². The fraction of sp³-hybridized carbons (Fsp3) is 0.458.